The molecule has 136 valence electrons. The van der Waals surface area contributed by atoms with E-state index in [9.17, 15) is 9.59 Å². The van der Waals surface area contributed by atoms with Gasteiger partial charge in [-0.1, -0.05) is 19.9 Å². The van der Waals surface area contributed by atoms with E-state index in [1.807, 2.05) is 25.1 Å². The Labute approximate surface area is 149 Å². The lowest BCUT2D eigenvalue weighted by Crippen LogP contribution is -2.69. The maximum Gasteiger partial charge on any atom is 0.247 e. The number of amides is 2. The van der Waals surface area contributed by atoms with Crippen molar-refractivity contribution < 1.29 is 9.59 Å². The van der Waals surface area contributed by atoms with Gasteiger partial charge in [-0.3, -0.25) is 19.5 Å². The Balaban J connectivity index is 1.71. The molecule has 0 radical (unpaired) electrons. The number of hydrogen-bond donors (Lipinski definition) is 0. The number of aryl methyl sites for hydroxylation is 1. The highest BCUT2D eigenvalue weighted by molar-refractivity contribution is 5.97. The third-order valence-electron chi connectivity index (χ3n) is 5.16. The molecule has 2 fully saturated rings. The van der Waals surface area contributed by atoms with Gasteiger partial charge >= 0.3 is 0 Å². The smallest absolute Gasteiger partial charge is 0.247 e. The Hall–Kier alpha value is -1.95. The summed E-state index contributed by atoms with van der Waals surface area (Å²) in [5.74, 6) is 0.552. The number of fused-ring (bicyclic) bond motifs is 1. The average Bonchev–Trinajstić information content (AvgIpc) is 2.56. The first kappa shape index (κ1) is 17.9. The van der Waals surface area contributed by atoms with Crippen molar-refractivity contribution in [1.82, 2.24) is 19.7 Å². The maximum atomic E-state index is 12.9. The second-order valence-electron chi connectivity index (χ2n) is 7.65. The lowest BCUT2D eigenvalue weighted by Gasteiger charge is -2.48. The van der Waals surface area contributed by atoms with Crippen LogP contribution in [0.4, 0.5) is 0 Å². The van der Waals surface area contributed by atoms with Gasteiger partial charge in [0, 0.05) is 38.9 Å². The Morgan fingerprint density at radius 1 is 1.20 bits per heavy atom. The van der Waals surface area contributed by atoms with Crippen LogP contribution in [0, 0.1) is 12.8 Å². The Morgan fingerprint density at radius 2 is 1.96 bits per heavy atom. The predicted octanol–water partition coefficient (Wildman–Crippen LogP) is 1.29. The first-order valence-corrected chi connectivity index (χ1v) is 9.09. The van der Waals surface area contributed by atoms with Crippen molar-refractivity contribution in [3.05, 3.63) is 29.6 Å². The van der Waals surface area contributed by atoms with Crippen molar-refractivity contribution >= 4 is 11.8 Å². The topological polar surface area (TPSA) is 56.8 Å². The zero-order chi connectivity index (χ0) is 18.1. The lowest BCUT2D eigenvalue weighted by atomic mass is 9.95. The Kier molecular flexibility index (Phi) is 5.08. The van der Waals surface area contributed by atoms with Gasteiger partial charge in [0.15, 0.2) is 0 Å². The fourth-order valence-corrected chi connectivity index (χ4v) is 3.83. The lowest BCUT2D eigenvalue weighted by molar-refractivity contribution is -0.164. The molecule has 2 atom stereocenters. The van der Waals surface area contributed by atoms with Gasteiger partial charge in [-0.25, -0.2) is 0 Å². The molecule has 3 heterocycles. The number of pyridine rings is 1. The number of aromatic nitrogens is 1. The van der Waals surface area contributed by atoms with Crippen molar-refractivity contribution in [3.63, 3.8) is 0 Å². The number of carbonyl (C=O) groups excluding carboxylic acids is 2. The van der Waals surface area contributed by atoms with E-state index in [1.165, 1.54) is 0 Å². The molecular weight excluding hydrogens is 316 g/mol. The van der Waals surface area contributed by atoms with Gasteiger partial charge in [-0.2, -0.15) is 0 Å². The van der Waals surface area contributed by atoms with Crippen molar-refractivity contribution in [3.8, 4) is 0 Å². The molecule has 0 saturated carbocycles. The minimum Gasteiger partial charge on any atom is -0.332 e. The fourth-order valence-electron chi connectivity index (χ4n) is 3.83. The average molecular weight is 344 g/mol. The zero-order valence-corrected chi connectivity index (χ0v) is 15.6. The normalized spacial score (nSPS) is 24.8. The van der Waals surface area contributed by atoms with Gasteiger partial charge in [0.1, 0.15) is 12.1 Å². The van der Waals surface area contributed by atoms with Crippen LogP contribution in [0.1, 0.15) is 31.7 Å². The third kappa shape index (κ3) is 3.68. The Morgan fingerprint density at radius 3 is 2.64 bits per heavy atom. The third-order valence-corrected chi connectivity index (χ3v) is 5.16. The monoisotopic (exact) mass is 344 g/mol. The minimum absolute atomic E-state index is 0.0622. The van der Waals surface area contributed by atoms with E-state index in [1.54, 1.807) is 16.8 Å². The second kappa shape index (κ2) is 7.12. The molecule has 1 aromatic heterocycles. The van der Waals surface area contributed by atoms with Crippen LogP contribution in [0.15, 0.2) is 18.2 Å². The highest BCUT2D eigenvalue weighted by Gasteiger charge is 2.46. The fraction of sp³-hybridized carbons (Fsp3) is 0.632. The van der Waals surface area contributed by atoms with Crippen molar-refractivity contribution in [2.24, 2.45) is 5.92 Å². The maximum absolute atomic E-state index is 12.9. The molecule has 6 nitrogen and oxygen atoms in total. The molecule has 0 unspecified atom stereocenters. The molecule has 2 amide bonds. The first-order valence-electron chi connectivity index (χ1n) is 9.09. The largest absolute Gasteiger partial charge is 0.332 e. The van der Waals surface area contributed by atoms with Gasteiger partial charge < -0.3 is 9.80 Å². The van der Waals surface area contributed by atoms with E-state index < -0.39 is 0 Å². The van der Waals surface area contributed by atoms with Gasteiger partial charge in [0.05, 0.1) is 5.69 Å². The van der Waals surface area contributed by atoms with Crippen LogP contribution in [-0.4, -0.2) is 70.3 Å². The number of hydrogen-bond acceptors (Lipinski definition) is 4. The molecule has 3 rings (SSSR count). The zero-order valence-electron chi connectivity index (χ0n) is 15.6. The standard InChI is InChI=1S/C19H28N4O2/c1-13(2)10-16-19(25)23-9-8-22(12-17(23)18(24)21(16)4)11-15-7-5-6-14(3)20-15/h5-7,13,16-17H,8-12H2,1-4H3/t16-,17+/m0/s1. The molecular formula is C19H28N4O2. The summed E-state index contributed by atoms with van der Waals surface area (Å²) in [5, 5.41) is 0. The van der Waals surface area contributed by atoms with Crippen LogP contribution in [0.3, 0.4) is 0 Å². The molecule has 0 aliphatic carbocycles. The molecule has 2 aliphatic rings. The summed E-state index contributed by atoms with van der Waals surface area (Å²) >= 11 is 0. The number of nitrogens with zero attached hydrogens (tertiary/aromatic N) is 4. The predicted molar refractivity (Wildman–Crippen MR) is 95.8 cm³/mol. The summed E-state index contributed by atoms with van der Waals surface area (Å²) in [7, 11) is 1.77. The molecule has 1 aromatic rings. The molecule has 25 heavy (non-hydrogen) atoms. The SMILES string of the molecule is Cc1cccc(CN2CCN3C(=O)[C@H](CC(C)C)N(C)C(=O)[C@H]3C2)n1. The summed E-state index contributed by atoms with van der Waals surface area (Å²) < 4.78 is 0. The van der Waals surface area contributed by atoms with E-state index in [-0.39, 0.29) is 23.9 Å². The van der Waals surface area contributed by atoms with E-state index in [0.29, 0.717) is 25.6 Å². The summed E-state index contributed by atoms with van der Waals surface area (Å²) in [5.41, 5.74) is 2.00. The Bertz CT molecular complexity index is 661. The van der Waals surface area contributed by atoms with E-state index in [4.69, 9.17) is 0 Å². The van der Waals surface area contributed by atoms with Crippen LogP contribution >= 0.6 is 0 Å². The summed E-state index contributed by atoms with van der Waals surface area (Å²) in [6.45, 7) is 8.85. The van der Waals surface area contributed by atoms with Gasteiger partial charge in [0.25, 0.3) is 0 Å². The van der Waals surface area contributed by atoms with Crippen LogP contribution in [0.5, 0.6) is 0 Å². The van der Waals surface area contributed by atoms with E-state index in [0.717, 1.165) is 24.4 Å². The van der Waals surface area contributed by atoms with Crippen LogP contribution in [0.2, 0.25) is 0 Å². The molecule has 2 aliphatic heterocycles. The molecule has 0 bridgehead atoms. The first-order chi connectivity index (χ1) is 11.9. The summed E-state index contributed by atoms with van der Waals surface area (Å²) in [4.78, 5) is 35.9. The number of piperazine rings is 2. The molecule has 6 heteroatoms. The summed E-state index contributed by atoms with van der Waals surface area (Å²) in [6.07, 6.45) is 0.723. The van der Waals surface area contributed by atoms with E-state index >= 15 is 0 Å². The highest BCUT2D eigenvalue weighted by atomic mass is 16.2. The van der Waals surface area contributed by atoms with Crippen molar-refractivity contribution in [1.29, 1.82) is 0 Å². The molecule has 2 saturated heterocycles. The molecule has 0 spiro atoms. The number of likely N-dealkylation sites (N-methyl/N-ethyl adjacent to an activating group) is 1. The highest BCUT2D eigenvalue weighted by Crippen LogP contribution is 2.25. The molecule has 0 aromatic carbocycles. The van der Waals surface area contributed by atoms with Crippen LogP contribution in [0.25, 0.3) is 0 Å². The number of rotatable bonds is 4. The van der Waals surface area contributed by atoms with Crippen molar-refractivity contribution in [2.75, 3.05) is 26.7 Å². The quantitative estimate of drug-likeness (QED) is 0.826. The van der Waals surface area contributed by atoms with Gasteiger partial charge in [0.2, 0.25) is 11.8 Å². The van der Waals surface area contributed by atoms with Crippen LogP contribution in [-0.2, 0) is 16.1 Å². The van der Waals surface area contributed by atoms with Crippen LogP contribution < -0.4 is 0 Å². The summed E-state index contributed by atoms with van der Waals surface area (Å²) in [6, 6.07) is 5.33. The van der Waals surface area contributed by atoms with E-state index in [2.05, 4.69) is 23.7 Å². The van der Waals surface area contributed by atoms with Gasteiger partial charge in [-0.15, -0.1) is 0 Å². The molecule has 0 N–H and O–H groups in total. The van der Waals surface area contributed by atoms with Crippen molar-refractivity contribution in [2.45, 2.75) is 45.8 Å². The minimum atomic E-state index is -0.362. The van der Waals surface area contributed by atoms with Gasteiger partial charge in [-0.05, 0) is 31.4 Å². The number of carbonyl (C=O) groups is 2. The second-order valence-corrected chi connectivity index (χ2v) is 7.65.